The molecule has 0 atom stereocenters. The molecule has 21 heavy (non-hydrogen) atoms. The van der Waals surface area contributed by atoms with E-state index in [0.29, 0.717) is 5.56 Å². The summed E-state index contributed by atoms with van der Waals surface area (Å²) in [6, 6.07) is 9.64. The average molecular weight is 282 g/mol. The van der Waals surface area contributed by atoms with Gasteiger partial charge in [-0.05, 0) is 43.2 Å². The van der Waals surface area contributed by atoms with Crippen molar-refractivity contribution in [2.45, 2.75) is 40.0 Å². The van der Waals surface area contributed by atoms with E-state index in [-0.39, 0.29) is 11.3 Å². The number of hydrogen-bond donors (Lipinski definition) is 1. The van der Waals surface area contributed by atoms with Gasteiger partial charge in [-0.3, -0.25) is 9.78 Å². The van der Waals surface area contributed by atoms with Gasteiger partial charge in [0.05, 0.1) is 0 Å². The molecule has 0 saturated heterocycles. The van der Waals surface area contributed by atoms with Crippen LogP contribution >= 0.6 is 0 Å². The van der Waals surface area contributed by atoms with Gasteiger partial charge in [0.15, 0.2) is 0 Å². The molecule has 1 amide bonds. The molecule has 0 spiro atoms. The standard InChI is InChI=1S/C18H22N2O/c1-12-6-7-13(2)15(10-12)20-17(21)14-8-9-19-16(11-14)18(3,4)5/h6-11H,1-5H3,(H,20,21). The fourth-order valence-corrected chi connectivity index (χ4v) is 2.05. The Balaban J connectivity index is 2.27. The first-order valence-corrected chi connectivity index (χ1v) is 7.12. The highest BCUT2D eigenvalue weighted by Gasteiger charge is 2.17. The molecule has 2 aromatic rings. The van der Waals surface area contributed by atoms with Gasteiger partial charge in [0.2, 0.25) is 0 Å². The van der Waals surface area contributed by atoms with E-state index in [1.807, 2.05) is 38.1 Å². The fraction of sp³-hybridized carbons (Fsp3) is 0.333. The Bertz CT molecular complexity index is 669. The fourth-order valence-electron chi connectivity index (χ4n) is 2.05. The second-order valence-corrected chi connectivity index (χ2v) is 6.45. The van der Waals surface area contributed by atoms with Gasteiger partial charge in [0.1, 0.15) is 0 Å². The average Bonchev–Trinajstić information content (AvgIpc) is 2.42. The number of anilines is 1. The number of hydrogen-bond acceptors (Lipinski definition) is 2. The van der Waals surface area contributed by atoms with Gasteiger partial charge in [-0.2, -0.15) is 0 Å². The van der Waals surface area contributed by atoms with E-state index in [0.717, 1.165) is 22.5 Å². The van der Waals surface area contributed by atoms with E-state index in [4.69, 9.17) is 0 Å². The summed E-state index contributed by atoms with van der Waals surface area (Å²) in [6.07, 6.45) is 1.69. The van der Waals surface area contributed by atoms with E-state index in [9.17, 15) is 4.79 Å². The predicted molar refractivity (Wildman–Crippen MR) is 86.8 cm³/mol. The Morgan fingerprint density at radius 3 is 2.48 bits per heavy atom. The first-order valence-electron chi connectivity index (χ1n) is 7.12. The molecule has 2 rings (SSSR count). The highest BCUT2D eigenvalue weighted by atomic mass is 16.1. The first kappa shape index (κ1) is 15.2. The maximum atomic E-state index is 12.4. The highest BCUT2D eigenvalue weighted by Crippen LogP contribution is 2.22. The van der Waals surface area contributed by atoms with Crippen LogP contribution in [0.1, 0.15) is 48.0 Å². The third kappa shape index (κ3) is 3.69. The molecule has 110 valence electrons. The van der Waals surface area contributed by atoms with E-state index >= 15 is 0 Å². The van der Waals surface area contributed by atoms with Crippen LogP contribution in [-0.4, -0.2) is 10.9 Å². The van der Waals surface area contributed by atoms with Crippen LogP contribution in [0.2, 0.25) is 0 Å². The van der Waals surface area contributed by atoms with Crippen LogP contribution in [0.15, 0.2) is 36.5 Å². The Hall–Kier alpha value is -2.16. The van der Waals surface area contributed by atoms with Crippen molar-refractivity contribution in [3.63, 3.8) is 0 Å². The van der Waals surface area contributed by atoms with Gasteiger partial charge in [0, 0.05) is 28.6 Å². The zero-order valence-corrected chi connectivity index (χ0v) is 13.3. The molecule has 1 N–H and O–H groups in total. The monoisotopic (exact) mass is 282 g/mol. The van der Waals surface area contributed by atoms with Crippen LogP contribution in [0.25, 0.3) is 0 Å². The number of nitrogens with zero attached hydrogens (tertiary/aromatic N) is 1. The zero-order valence-electron chi connectivity index (χ0n) is 13.3. The molecular weight excluding hydrogens is 260 g/mol. The van der Waals surface area contributed by atoms with Crippen LogP contribution in [-0.2, 0) is 5.41 Å². The number of benzene rings is 1. The summed E-state index contributed by atoms with van der Waals surface area (Å²) in [5.41, 5.74) is 4.51. The molecule has 1 aromatic heterocycles. The minimum atomic E-state index is -0.100. The minimum absolute atomic E-state index is 0.0739. The number of rotatable bonds is 2. The Labute approximate surface area is 126 Å². The lowest BCUT2D eigenvalue weighted by atomic mass is 9.91. The molecule has 0 aliphatic carbocycles. The second-order valence-electron chi connectivity index (χ2n) is 6.45. The lowest BCUT2D eigenvalue weighted by molar-refractivity contribution is 0.102. The zero-order chi connectivity index (χ0) is 15.6. The summed E-state index contributed by atoms with van der Waals surface area (Å²) in [5, 5.41) is 2.98. The minimum Gasteiger partial charge on any atom is -0.322 e. The van der Waals surface area contributed by atoms with Crippen molar-refractivity contribution in [2.24, 2.45) is 0 Å². The summed E-state index contributed by atoms with van der Waals surface area (Å²) in [4.78, 5) is 16.8. The Kier molecular flexibility index (Phi) is 4.12. The van der Waals surface area contributed by atoms with Crippen LogP contribution < -0.4 is 5.32 Å². The Morgan fingerprint density at radius 1 is 1.10 bits per heavy atom. The molecule has 3 nitrogen and oxygen atoms in total. The van der Waals surface area contributed by atoms with Crippen LogP contribution in [0.3, 0.4) is 0 Å². The molecule has 3 heteroatoms. The van der Waals surface area contributed by atoms with Crippen molar-refractivity contribution in [1.82, 2.24) is 4.98 Å². The number of amides is 1. The number of aromatic nitrogens is 1. The number of carbonyl (C=O) groups is 1. The number of pyridine rings is 1. The predicted octanol–water partition coefficient (Wildman–Crippen LogP) is 4.25. The maximum absolute atomic E-state index is 12.4. The number of aryl methyl sites for hydroxylation is 2. The van der Waals surface area contributed by atoms with E-state index in [1.165, 1.54) is 0 Å². The van der Waals surface area contributed by atoms with E-state index < -0.39 is 0 Å². The Morgan fingerprint density at radius 2 is 1.81 bits per heavy atom. The van der Waals surface area contributed by atoms with Crippen molar-refractivity contribution in [3.05, 3.63) is 58.9 Å². The maximum Gasteiger partial charge on any atom is 0.255 e. The van der Waals surface area contributed by atoms with Crippen molar-refractivity contribution >= 4 is 11.6 Å². The summed E-state index contributed by atoms with van der Waals surface area (Å²) < 4.78 is 0. The second kappa shape index (κ2) is 5.68. The third-order valence-corrected chi connectivity index (χ3v) is 3.43. The SMILES string of the molecule is Cc1ccc(C)c(NC(=O)c2ccnc(C(C)(C)C)c2)c1. The van der Waals surface area contributed by atoms with Crippen molar-refractivity contribution in [2.75, 3.05) is 5.32 Å². The molecule has 0 saturated carbocycles. The van der Waals surface area contributed by atoms with Gasteiger partial charge in [-0.25, -0.2) is 0 Å². The third-order valence-electron chi connectivity index (χ3n) is 3.43. The van der Waals surface area contributed by atoms with Crippen molar-refractivity contribution in [1.29, 1.82) is 0 Å². The first-order chi connectivity index (χ1) is 9.77. The lowest BCUT2D eigenvalue weighted by Gasteiger charge is -2.18. The van der Waals surface area contributed by atoms with Gasteiger partial charge in [-0.1, -0.05) is 32.9 Å². The lowest BCUT2D eigenvalue weighted by Crippen LogP contribution is -2.17. The van der Waals surface area contributed by atoms with Gasteiger partial charge >= 0.3 is 0 Å². The molecule has 0 radical (unpaired) electrons. The van der Waals surface area contributed by atoms with E-state index in [2.05, 4.69) is 31.1 Å². The summed E-state index contributed by atoms with van der Waals surface area (Å²) in [5.74, 6) is -0.100. The molecule has 1 heterocycles. The smallest absolute Gasteiger partial charge is 0.255 e. The molecule has 0 fully saturated rings. The quantitative estimate of drug-likeness (QED) is 0.894. The summed E-state index contributed by atoms with van der Waals surface area (Å²) >= 11 is 0. The molecule has 0 aliphatic heterocycles. The number of nitrogens with one attached hydrogen (secondary N) is 1. The molecule has 1 aromatic carbocycles. The number of carbonyl (C=O) groups excluding carboxylic acids is 1. The molecule has 0 unspecified atom stereocenters. The van der Waals surface area contributed by atoms with Crippen molar-refractivity contribution < 1.29 is 4.79 Å². The normalized spacial score (nSPS) is 11.3. The molecule has 0 bridgehead atoms. The van der Waals surface area contributed by atoms with E-state index in [1.54, 1.807) is 12.3 Å². The van der Waals surface area contributed by atoms with Crippen LogP contribution in [0.5, 0.6) is 0 Å². The van der Waals surface area contributed by atoms with Crippen molar-refractivity contribution in [3.8, 4) is 0 Å². The van der Waals surface area contributed by atoms with Gasteiger partial charge < -0.3 is 5.32 Å². The summed E-state index contributed by atoms with van der Waals surface area (Å²) in [6.45, 7) is 10.3. The molecular formula is C18H22N2O. The molecule has 0 aliphatic rings. The highest BCUT2D eigenvalue weighted by molar-refractivity contribution is 6.04. The summed E-state index contributed by atoms with van der Waals surface area (Å²) in [7, 11) is 0. The van der Waals surface area contributed by atoms with Gasteiger partial charge in [0.25, 0.3) is 5.91 Å². The largest absolute Gasteiger partial charge is 0.322 e. The topological polar surface area (TPSA) is 42.0 Å². The van der Waals surface area contributed by atoms with Crippen LogP contribution in [0.4, 0.5) is 5.69 Å². The van der Waals surface area contributed by atoms with Crippen LogP contribution in [0, 0.1) is 13.8 Å². The van der Waals surface area contributed by atoms with Gasteiger partial charge in [-0.15, -0.1) is 0 Å².